The lowest BCUT2D eigenvalue weighted by Crippen LogP contribution is -2.37. The van der Waals surface area contributed by atoms with E-state index in [0.29, 0.717) is 35.4 Å². The van der Waals surface area contributed by atoms with E-state index in [2.05, 4.69) is 0 Å². The minimum Gasteiger partial charge on any atom is -0.508 e. The van der Waals surface area contributed by atoms with Crippen LogP contribution in [0.2, 0.25) is 0 Å². The molecule has 0 spiro atoms. The lowest BCUT2D eigenvalue weighted by Gasteiger charge is -2.36. The highest BCUT2D eigenvalue weighted by Gasteiger charge is 2.44. The number of carbonyl (C=O) groups excluding carboxylic acids is 2. The zero-order chi connectivity index (χ0) is 22.1. The molecule has 1 unspecified atom stereocenters. The van der Waals surface area contributed by atoms with Crippen molar-refractivity contribution in [3.05, 3.63) is 70.9 Å². The van der Waals surface area contributed by atoms with Gasteiger partial charge in [0, 0.05) is 35.2 Å². The highest BCUT2D eigenvalue weighted by Crippen LogP contribution is 2.48. The van der Waals surface area contributed by atoms with Gasteiger partial charge in [0.2, 0.25) is 0 Å². The highest BCUT2D eigenvalue weighted by atomic mass is 16.5. The van der Waals surface area contributed by atoms with Gasteiger partial charge in [-0.1, -0.05) is 30.3 Å². The third kappa shape index (κ3) is 3.74. The number of Topliss-reactive ketones (excluding diaryl/α,β-unsaturated/α-hetero) is 1. The highest BCUT2D eigenvalue weighted by molar-refractivity contribution is 6.09. The summed E-state index contributed by atoms with van der Waals surface area (Å²) in [5, 5.41) is 10.0. The van der Waals surface area contributed by atoms with Crippen molar-refractivity contribution in [3.8, 4) is 11.5 Å². The molecule has 1 heterocycles. The number of aromatic hydroxyl groups is 1. The second-order valence-electron chi connectivity index (χ2n) is 7.96. The molecule has 0 bridgehead atoms. The number of para-hydroxylation sites is 1. The molecule has 1 aliphatic heterocycles. The molecule has 2 aromatic rings. The van der Waals surface area contributed by atoms with Gasteiger partial charge in [0.25, 0.3) is 0 Å². The van der Waals surface area contributed by atoms with Gasteiger partial charge in [-0.3, -0.25) is 14.6 Å². The fraction of sp³-hybridized carbons (Fsp3) is 0.320. The van der Waals surface area contributed by atoms with Crippen LogP contribution < -0.4 is 4.74 Å². The normalized spacial score (nSPS) is 23.1. The first-order valence-corrected chi connectivity index (χ1v) is 10.3. The summed E-state index contributed by atoms with van der Waals surface area (Å²) >= 11 is 0. The van der Waals surface area contributed by atoms with Crippen LogP contribution in [0.5, 0.6) is 11.5 Å². The van der Waals surface area contributed by atoms with Crippen LogP contribution in [0.1, 0.15) is 42.7 Å². The number of esters is 1. The zero-order valence-corrected chi connectivity index (χ0v) is 17.8. The molecule has 0 saturated carbocycles. The number of ether oxygens (including phenoxy) is 2. The predicted octanol–water partition coefficient (Wildman–Crippen LogP) is 4.15. The molecule has 1 N–H and O–H groups in total. The Morgan fingerprint density at radius 3 is 2.58 bits per heavy atom. The van der Waals surface area contributed by atoms with Gasteiger partial charge in [-0.05, 0) is 42.7 Å². The monoisotopic (exact) mass is 419 g/mol. The largest absolute Gasteiger partial charge is 0.508 e. The minimum absolute atomic E-state index is 0.0457. The van der Waals surface area contributed by atoms with Gasteiger partial charge in [0.15, 0.2) is 5.78 Å². The van der Waals surface area contributed by atoms with E-state index in [1.807, 2.05) is 30.3 Å². The number of allylic oxidation sites excluding steroid dienone is 2. The molecule has 2 aromatic carbocycles. The maximum absolute atomic E-state index is 13.5. The maximum Gasteiger partial charge on any atom is 0.315 e. The molecule has 6 heteroatoms. The molecule has 0 aromatic heterocycles. The number of nitrogens with zero attached hydrogens (tertiary/aromatic N) is 1. The summed E-state index contributed by atoms with van der Waals surface area (Å²) in [5.74, 6) is -0.971. The second kappa shape index (κ2) is 8.38. The Labute approximate surface area is 181 Å². The number of hydrogen-bond acceptors (Lipinski definition) is 6. The number of phenolic OH excluding ortho intramolecular Hbond substituents is 1. The third-order valence-corrected chi connectivity index (χ3v) is 6.15. The smallest absolute Gasteiger partial charge is 0.315 e. The van der Waals surface area contributed by atoms with Crippen molar-refractivity contribution in [2.45, 2.75) is 31.6 Å². The fourth-order valence-electron chi connectivity index (χ4n) is 4.79. The Bertz CT molecular complexity index is 1100. The summed E-state index contributed by atoms with van der Waals surface area (Å²) < 4.78 is 10.6. The number of ketones is 1. The summed E-state index contributed by atoms with van der Waals surface area (Å²) in [6, 6.07) is 14.4. The number of hydrogen-bond donors (Lipinski definition) is 1. The molecule has 1 aliphatic carbocycles. The van der Waals surface area contributed by atoms with E-state index in [0.717, 1.165) is 11.3 Å². The Balaban J connectivity index is 1.83. The van der Waals surface area contributed by atoms with Crippen molar-refractivity contribution in [1.29, 1.82) is 0 Å². The molecular formula is C25H25NO5. The van der Waals surface area contributed by atoms with Crippen LogP contribution in [0.4, 0.5) is 0 Å². The van der Waals surface area contributed by atoms with E-state index < -0.39 is 17.8 Å². The lowest BCUT2D eigenvalue weighted by molar-refractivity contribution is -0.143. The van der Waals surface area contributed by atoms with E-state index in [1.165, 1.54) is 7.11 Å². The van der Waals surface area contributed by atoms with Gasteiger partial charge in [-0.25, -0.2) is 0 Å². The topological polar surface area (TPSA) is 85.2 Å². The first-order chi connectivity index (χ1) is 14.9. The summed E-state index contributed by atoms with van der Waals surface area (Å²) in [4.78, 5) is 30.8. The number of phenols is 1. The Hall–Kier alpha value is -3.41. The molecule has 0 amide bonds. The quantitative estimate of drug-likeness (QED) is 0.753. The van der Waals surface area contributed by atoms with Crippen molar-refractivity contribution in [2.75, 3.05) is 14.2 Å². The van der Waals surface area contributed by atoms with Crippen molar-refractivity contribution >= 4 is 17.5 Å². The number of methoxy groups -OCH3 is 2. The predicted molar refractivity (Wildman–Crippen MR) is 116 cm³/mol. The van der Waals surface area contributed by atoms with Gasteiger partial charge in [-0.15, -0.1) is 0 Å². The Kier molecular flexibility index (Phi) is 5.63. The number of benzene rings is 2. The summed E-state index contributed by atoms with van der Waals surface area (Å²) in [5.41, 5.74) is 3.51. The standard InChI is InChI=1S/C25H25NO5/c1-14-22(25(29)31-3)23(15-7-6-8-17(27)11-15)24-19(26-14)12-16(13-20(24)28)18-9-4-5-10-21(18)30-2/h4-11,16,22-23,27H,12-13H2,1-3H3/t16-,22?,23+/m0/s1. The van der Waals surface area contributed by atoms with Crippen LogP contribution >= 0.6 is 0 Å². The number of rotatable bonds is 4. The molecule has 0 saturated heterocycles. The molecular weight excluding hydrogens is 394 g/mol. The molecule has 160 valence electrons. The van der Waals surface area contributed by atoms with Crippen molar-refractivity contribution < 1.29 is 24.2 Å². The van der Waals surface area contributed by atoms with Crippen LogP contribution in [0.25, 0.3) is 0 Å². The van der Waals surface area contributed by atoms with Crippen LogP contribution in [0.15, 0.2) is 64.8 Å². The molecule has 0 fully saturated rings. The molecule has 4 rings (SSSR count). The average molecular weight is 419 g/mol. The number of carbonyl (C=O) groups is 2. The lowest BCUT2D eigenvalue weighted by atomic mass is 9.69. The molecule has 0 radical (unpaired) electrons. The van der Waals surface area contributed by atoms with Crippen molar-refractivity contribution in [3.63, 3.8) is 0 Å². The fourth-order valence-corrected chi connectivity index (χ4v) is 4.79. The molecule has 3 atom stereocenters. The first kappa shape index (κ1) is 20.8. The van der Waals surface area contributed by atoms with Gasteiger partial charge < -0.3 is 14.6 Å². The van der Waals surface area contributed by atoms with Crippen LogP contribution in [0.3, 0.4) is 0 Å². The van der Waals surface area contributed by atoms with Crippen molar-refractivity contribution in [1.82, 2.24) is 0 Å². The summed E-state index contributed by atoms with van der Waals surface area (Å²) in [6.45, 7) is 1.79. The van der Waals surface area contributed by atoms with Crippen LogP contribution in [-0.4, -0.2) is 36.8 Å². The summed E-state index contributed by atoms with van der Waals surface area (Å²) in [6.07, 6.45) is 0.874. The molecule has 31 heavy (non-hydrogen) atoms. The average Bonchev–Trinajstić information content (AvgIpc) is 2.77. The van der Waals surface area contributed by atoms with Crippen LogP contribution in [0, 0.1) is 5.92 Å². The van der Waals surface area contributed by atoms with E-state index in [4.69, 9.17) is 14.5 Å². The first-order valence-electron chi connectivity index (χ1n) is 10.3. The van der Waals surface area contributed by atoms with E-state index >= 15 is 0 Å². The summed E-state index contributed by atoms with van der Waals surface area (Å²) in [7, 11) is 2.95. The van der Waals surface area contributed by atoms with Gasteiger partial charge in [-0.2, -0.15) is 0 Å². The van der Waals surface area contributed by atoms with E-state index in [1.54, 1.807) is 32.2 Å². The van der Waals surface area contributed by atoms with Gasteiger partial charge in [0.05, 0.1) is 14.2 Å². The molecule has 2 aliphatic rings. The zero-order valence-electron chi connectivity index (χ0n) is 17.8. The van der Waals surface area contributed by atoms with Gasteiger partial charge in [0.1, 0.15) is 17.4 Å². The maximum atomic E-state index is 13.5. The second-order valence-corrected chi connectivity index (χ2v) is 7.96. The third-order valence-electron chi connectivity index (χ3n) is 6.15. The van der Waals surface area contributed by atoms with Crippen LogP contribution in [-0.2, 0) is 14.3 Å². The van der Waals surface area contributed by atoms with E-state index in [9.17, 15) is 14.7 Å². The SMILES string of the molecule is COC(=O)C1C(C)=NC2=C(C(=O)C[C@@H](c3ccccc3OC)C2)[C@@H]1c1cccc(O)c1. The Morgan fingerprint density at radius 1 is 1.10 bits per heavy atom. The Morgan fingerprint density at radius 2 is 1.87 bits per heavy atom. The van der Waals surface area contributed by atoms with Gasteiger partial charge >= 0.3 is 5.97 Å². The van der Waals surface area contributed by atoms with E-state index in [-0.39, 0.29) is 17.5 Å². The molecule has 6 nitrogen and oxygen atoms in total. The van der Waals surface area contributed by atoms with Crippen molar-refractivity contribution in [2.24, 2.45) is 10.9 Å². The minimum atomic E-state index is -0.711. The number of aliphatic imine (C=N–C) groups is 1.